The predicted molar refractivity (Wildman–Crippen MR) is 167 cm³/mol. The molecule has 0 aliphatic carbocycles. The van der Waals surface area contributed by atoms with E-state index in [1.165, 1.54) is 22.9 Å². The van der Waals surface area contributed by atoms with Gasteiger partial charge in [0.25, 0.3) is 5.91 Å². The van der Waals surface area contributed by atoms with Crippen LogP contribution in [0.2, 0.25) is 0 Å². The molecule has 0 saturated carbocycles. The van der Waals surface area contributed by atoms with Crippen LogP contribution in [0.4, 0.5) is 4.39 Å². The number of piperidine rings is 1. The maximum absolute atomic E-state index is 13.4. The van der Waals surface area contributed by atoms with Crippen molar-refractivity contribution in [3.63, 3.8) is 0 Å². The smallest absolute Gasteiger partial charge is 0.251 e. The van der Waals surface area contributed by atoms with Crippen LogP contribution in [0, 0.1) is 5.82 Å². The highest BCUT2D eigenvalue weighted by atomic mass is 32.2. The lowest BCUT2D eigenvalue weighted by Gasteiger charge is -2.34. The van der Waals surface area contributed by atoms with Gasteiger partial charge in [0.15, 0.2) is 0 Å². The van der Waals surface area contributed by atoms with Crippen molar-refractivity contribution in [1.82, 2.24) is 24.3 Å². The van der Waals surface area contributed by atoms with Crippen molar-refractivity contribution in [3.05, 3.63) is 90.0 Å². The lowest BCUT2D eigenvalue weighted by molar-refractivity contribution is -0.115. The lowest BCUT2D eigenvalue weighted by atomic mass is 10.1. The standard InChI is InChI=1S/C29H34FN5O3S.C3H8/c1-5-26(27-20-32-35(28(27)6-2)24-11-9-22(30)10-12-24)29(36)31-19-21-7-13-25(14-8-21)39(37,38)34(4)23-15-17-33(3)18-16-23;1-3-2/h5-14,20,23H,2,15-19H2,1,3-4H3,(H,31,36);3H2,1-2H3/b26-5+;. The Morgan fingerprint density at radius 3 is 2.26 bits per heavy atom. The summed E-state index contributed by atoms with van der Waals surface area (Å²) in [5, 5.41) is 7.28. The van der Waals surface area contributed by atoms with Crippen molar-refractivity contribution in [3.8, 4) is 5.69 Å². The summed E-state index contributed by atoms with van der Waals surface area (Å²) in [5.41, 5.74) is 3.02. The van der Waals surface area contributed by atoms with Crippen LogP contribution in [0.5, 0.6) is 0 Å². The van der Waals surface area contributed by atoms with E-state index in [9.17, 15) is 17.6 Å². The van der Waals surface area contributed by atoms with Gasteiger partial charge >= 0.3 is 0 Å². The zero-order valence-corrected chi connectivity index (χ0v) is 26.0. The number of carbonyl (C=O) groups is 1. The molecule has 1 amide bonds. The Kier molecular flexibility index (Phi) is 11.8. The third-order valence-electron chi connectivity index (χ3n) is 7.15. The van der Waals surface area contributed by atoms with Crippen molar-refractivity contribution >= 4 is 27.6 Å². The number of carbonyl (C=O) groups excluding carboxylic acids is 1. The summed E-state index contributed by atoms with van der Waals surface area (Å²) in [6, 6.07) is 12.5. The van der Waals surface area contributed by atoms with Crippen molar-refractivity contribution in [2.45, 2.75) is 57.5 Å². The first-order chi connectivity index (χ1) is 20.1. The number of hydrogen-bond donors (Lipinski definition) is 1. The molecule has 2 aromatic carbocycles. The van der Waals surface area contributed by atoms with Gasteiger partial charge in [0.2, 0.25) is 10.0 Å². The Morgan fingerprint density at radius 2 is 1.71 bits per heavy atom. The fourth-order valence-corrected chi connectivity index (χ4v) is 6.15. The largest absolute Gasteiger partial charge is 0.348 e. The van der Waals surface area contributed by atoms with E-state index >= 15 is 0 Å². The van der Waals surface area contributed by atoms with E-state index < -0.39 is 10.0 Å². The van der Waals surface area contributed by atoms with Gasteiger partial charge in [-0.05, 0) is 87.9 Å². The highest BCUT2D eigenvalue weighted by molar-refractivity contribution is 7.89. The third-order valence-corrected chi connectivity index (χ3v) is 9.07. The number of likely N-dealkylation sites (tertiary alicyclic amines) is 1. The summed E-state index contributed by atoms with van der Waals surface area (Å²) < 4.78 is 42.8. The molecule has 4 rings (SSSR count). The number of benzene rings is 2. The van der Waals surface area contributed by atoms with Crippen LogP contribution in [-0.4, -0.2) is 66.5 Å². The maximum Gasteiger partial charge on any atom is 0.251 e. The first-order valence-electron chi connectivity index (χ1n) is 14.2. The SMILES string of the molecule is C=Cc1c(/C(=C\C)C(=O)NCc2ccc(S(=O)(=O)N(C)C3CCN(C)CC3)cc2)cnn1-c1ccc(F)cc1.CCC. The number of nitrogens with zero attached hydrogens (tertiary/aromatic N) is 4. The second-order valence-electron chi connectivity index (χ2n) is 10.3. The van der Waals surface area contributed by atoms with E-state index in [-0.39, 0.29) is 29.2 Å². The average molecular weight is 596 g/mol. The number of rotatable bonds is 9. The molecular formula is C32H42FN5O3S. The molecule has 0 spiro atoms. The van der Waals surface area contributed by atoms with E-state index in [0.717, 1.165) is 31.5 Å². The minimum Gasteiger partial charge on any atom is -0.348 e. The highest BCUT2D eigenvalue weighted by Gasteiger charge is 2.30. The molecule has 10 heteroatoms. The molecular weight excluding hydrogens is 553 g/mol. The fraction of sp³-hybridized carbons (Fsp3) is 0.375. The molecule has 0 unspecified atom stereocenters. The zero-order valence-electron chi connectivity index (χ0n) is 25.2. The summed E-state index contributed by atoms with van der Waals surface area (Å²) >= 11 is 0. The molecule has 1 aliphatic rings. The minimum absolute atomic E-state index is 0.0164. The Hall–Kier alpha value is -3.60. The van der Waals surface area contributed by atoms with Gasteiger partial charge < -0.3 is 10.2 Å². The van der Waals surface area contributed by atoms with Gasteiger partial charge in [-0.2, -0.15) is 9.40 Å². The zero-order chi connectivity index (χ0) is 30.9. The summed E-state index contributed by atoms with van der Waals surface area (Å²) in [7, 11) is 0.0797. The molecule has 0 atom stereocenters. The second kappa shape index (κ2) is 15.0. The van der Waals surface area contributed by atoms with Crippen molar-refractivity contribution in [2.75, 3.05) is 27.2 Å². The highest BCUT2D eigenvalue weighted by Crippen LogP contribution is 2.25. The van der Waals surface area contributed by atoms with Crippen LogP contribution < -0.4 is 5.32 Å². The summed E-state index contributed by atoms with van der Waals surface area (Å²) in [4.78, 5) is 15.6. The predicted octanol–water partition coefficient (Wildman–Crippen LogP) is 5.51. The lowest BCUT2D eigenvalue weighted by Crippen LogP contribution is -2.44. The number of nitrogens with one attached hydrogen (secondary N) is 1. The van der Waals surface area contributed by atoms with Gasteiger partial charge in [-0.15, -0.1) is 0 Å². The molecule has 1 N–H and O–H groups in total. The number of amides is 1. The van der Waals surface area contributed by atoms with Crippen LogP contribution in [0.1, 0.15) is 56.9 Å². The average Bonchev–Trinajstić information content (AvgIpc) is 3.41. The molecule has 3 aromatic rings. The van der Waals surface area contributed by atoms with Gasteiger partial charge in [-0.1, -0.05) is 45.1 Å². The van der Waals surface area contributed by atoms with Crippen LogP contribution in [0.15, 0.2) is 72.3 Å². The van der Waals surface area contributed by atoms with Crippen LogP contribution in [0.3, 0.4) is 0 Å². The van der Waals surface area contributed by atoms with Crippen molar-refractivity contribution in [1.29, 1.82) is 0 Å². The van der Waals surface area contributed by atoms with Gasteiger partial charge in [-0.25, -0.2) is 17.5 Å². The number of hydrogen-bond acceptors (Lipinski definition) is 5. The van der Waals surface area contributed by atoms with E-state index in [4.69, 9.17) is 0 Å². The van der Waals surface area contributed by atoms with E-state index in [2.05, 4.69) is 35.7 Å². The second-order valence-corrected chi connectivity index (χ2v) is 12.3. The first-order valence-corrected chi connectivity index (χ1v) is 15.7. The number of sulfonamides is 1. The van der Waals surface area contributed by atoms with E-state index in [1.54, 1.807) is 73.4 Å². The van der Waals surface area contributed by atoms with E-state index in [0.29, 0.717) is 22.5 Å². The van der Waals surface area contributed by atoms with Crippen LogP contribution in [0.25, 0.3) is 17.3 Å². The minimum atomic E-state index is -3.61. The Bertz CT molecular complexity index is 1470. The van der Waals surface area contributed by atoms with E-state index in [1.807, 2.05) is 7.05 Å². The summed E-state index contributed by atoms with van der Waals surface area (Å²) in [6.45, 7) is 11.8. The van der Waals surface area contributed by atoms with Gasteiger partial charge in [0, 0.05) is 30.8 Å². The van der Waals surface area contributed by atoms with Crippen LogP contribution in [-0.2, 0) is 21.4 Å². The Labute approximate surface area is 249 Å². The molecule has 8 nitrogen and oxygen atoms in total. The summed E-state index contributed by atoms with van der Waals surface area (Å²) in [5.74, 6) is -0.660. The Balaban J connectivity index is 0.00000155. The first kappa shape index (κ1) is 32.9. The van der Waals surface area contributed by atoms with Gasteiger partial charge in [-0.3, -0.25) is 4.79 Å². The van der Waals surface area contributed by atoms with Gasteiger partial charge in [0.1, 0.15) is 5.82 Å². The maximum atomic E-state index is 13.4. The molecule has 1 fully saturated rings. The number of halogens is 1. The third kappa shape index (κ3) is 7.81. The number of aromatic nitrogens is 2. The van der Waals surface area contributed by atoms with Crippen molar-refractivity contribution < 1.29 is 17.6 Å². The monoisotopic (exact) mass is 595 g/mol. The molecule has 2 heterocycles. The molecule has 1 aliphatic heterocycles. The summed E-state index contributed by atoms with van der Waals surface area (Å²) in [6.07, 6.45) is 7.74. The molecule has 1 saturated heterocycles. The van der Waals surface area contributed by atoms with Gasteiger partial charge in [0.05, 0.1) is 22.5 Å². The quantitative estimate of drug-likeness (QED) is 0.330. The molecule has 42 heavy (non-hydrogen) atoms. The Morgan fingerprint density at radius 1 is 1.12 bits per heavy atom. The topological polar surface area (TPSA) is 87.5 Å². The van der Waals surface area contributed by atoms with Crippen molar-refractivity contribution in [2.24, 2.45) is 0 Å². The molecule has 0 radical (unpaired) electrons. The van der Waals surface area contributed by atoms with Crippen LogP contribution >= 0.6 is 0 Å². The molecule has 226 valence electrons. The molecule has 1 aromatic heterocycles. The number of allylic oxidation sites excluding steroid dienone is 1. The molecule has 0 bridgehead atoms. The fourth-order valence-electron chi connectivity index (χ4n) is 4.74. The normalized spacial score (nSPS) is 14.8.